The van der Waals surface area contributed by atoms with Gasteiger partial charge in [0.05, 0.1) is 18.5 Å². The molecule has 0 saturated carbocycles. The first-order valence-corrected chi connectivity index (χ1v) is 5.94. The first-order valence-electron chi connectivity index (χ1n) is 5.94. The summed E-state index contributed by atoms with van der Waals surface area (Å²) in [6.07, 6.45) is 4.98. The third-order valence-corrected chi connectivity index (χ3v) is 2.37. The van der Waals surface area contributed by atoms with Crippen molar-refractivity contribution in [3.05, 3.63) is 48.3 Å². The average Bonchev–Trinajstić information content (AvgIpc) is 2.43. The highest BCUT2D eigenvalue weighted by molar-refractivity contribution is 5.81. The molecule has 0 saturated heterocycles. The highest BCUT2D eigenvalue weighted by atomic mass is 16.5. The first-order chi connectivity index (χ1) is 9.29. The van der Waals surface area contributed by atoms with Crippen LogP contribution in [0.1, 0.15) is 12.5 Å². The molecule has 1 heterocycles. The molecule has 0 spiro atoms. The number of nitrogens with zero attached hydrogens (tertiary/aromatic N) is 2. The van der Waals surface area contributed by atoms with E-state index in [9.17, 15) is 5.11 Å². The maximum Gasteiger partial charge on any atom is 0.160 e. The Morgan fingerprint density at radius 3 is 2.79 bits per heavy atom. The number of nitrogens with one attached hydrogen (secondary N) is 1. The molecule has 5 heteroatoms. The number of ether oxygens (including phenoxy) is 1. The zero-order chi connectivity index (χ0) is 13.5. The van der Waals surface area contributed by atoms with E-state index in [1.165, 1.54) is 0 Å². The van der Waals surface area contributed by atoms with Gasteiger partial charge in [-0.3, -0.25) is 10.4 Å². The first kappa shape index (κ1) is 12.9. The van der Waals surface area contributed by atoms with E-state index in [0.717, 1.165) is 11.3 Å². The third kappa shape index (κ3) is 3.70. The number of aromatic nitrogens is 1. The predicted molar refractivity (Wildman–Crippen MR) is 74.7 cm³/mol. The summed E-state index contributed by atoms with van der Waals surface area (Å²) in [4.78, 5) is 3.91. The molecule has 2 rings (SSSR count). The number of phenolic OH excluding ortho intramolecular Hbond substituents is 1. The molecule has 0 aliphatic carbocycles. The van der Waals surface area contributed by atoms with Crippen LogP contribution in [0.5, 0.6) is 11.5 Å². The molecule has 0 aliphatic rings. The summed E-state index contributed by atoms with van der Waals surface area (Å²) in [5, 5.41) is 13.8. The van der Waals surface area contributed by atoms with Crippen LogP contribution >= 0.6 is 0 Å². The van der Waals surface area contributed by atoms with Crippen molar-refractivity contribution in [2.75, 3.05) is 12.0 Å². The van der Waals surface area contributed by atoms with E-state index in [4.69, 9.17) is 4.74 Å². The Morgan fingerprint density at radius 1 is 1.32 bits per heavy atom. The van der Waals surface area contributed by atoms with Crippen LogP contribution in [0.15, 0.2) is 47.8 Å². The molecule has 0 aliphatic heterocycles. The lowest BCUT2D eigenvalue weighted by Crippen LogP contribution is -1.93. The summed E-state index contributed by atoms with van der Waals surface area (Å²) in [5.41, 5.74) is 4.50. The van der Waals surface area contributed by atoms with Crippen LogP contribution in [0.4, 0.5) is 5.69 Å². The van der Waals surface area contributed by atoms with Gasteiger partial charge in [0.1, 0.15) is 0 Å². The van der Waals surface area contributed by atoms with E-state index in [1.807, 2.05) is 25.1 Å². The van der Waals surface area contributed by atoms with Crippen molar-refractivity contribution in [1.29, 1.82) is 0 Å². The standard InChI is InChI=1S/C14H15N3O2/c1-2-19-14-4-3-11(9-13(14)18)10-16-17-12-5-7-15-8-6-12/h3-10,18H,2H2,1H3,(H,15,17). The number of hydrazone groups is 1. The molecule has 1 aromatic carbocycles. The van der Waals surface area contributed by atoms with Crippen molar-refractivity contribution in [3.63, 3.8) is 0 Å². The van der Waals surface area contributed by atoms with Gasteiger partial charge in [0, 0.05) is 12.4 Å². The Balaban J connectivity index is 2.01. The van der Waals surface area contributed by atoms with Crippen molar-refractivity contribution in [1.82, 2.24) is 4.98 Å². The molecule has 2 aromatic rings. The molecule has 0 atom stereocenters. The van der Waals surface area contributed by atoms with Gasteiger partial charge in [-0.15, -0.1) is 0 Å². The predicted octanol–water partition coefficient (Wildman–Crippen LogP) is 2.63. The lowest BCUT2D eigenvalue weighted by atomic mass is 10.2. The summed E-state index contributed by atoms with van der Waals surface area (Å²) in [6.45, 7) is 2.39. The normalized spacial score (nSPS) is 10.6. The van der Waals surface area contributed by atoms with Gasteiger partial charge < -0.3 is 9.84 Å². The molecule has 19 heavy (non-hydrogen) atoms. The van der Waals surface area contributed by atoms with Crippen molar-refractivity contribution >= 4 is 11.9 Å². The minimum Gasteiger partial charge on any atom is -0.504 e. The molecule has 0 unspecified atom stereocenters. The number of rotatable bonds is 5. The molecular formula is C14H15N3O2. The summed E-state index contributed by atoms with van der Waals surface area (Å²) >= 11 is 0. The molecule has 0 amide bonds. The van der Waals surface area contributed by atoms with Gasteiger partial charge in [-0.2, -0.15) is 5.10 Å². The second kappa shape index (κ2) is 6.39. The van der Waals surface area contributed by atoms with Gasteiger partial charge in [-0.1, -0.05) is 0 Å². The van der Waals surface area contributed by atoms with Crippen molar-refractivity contribution in [2.24, 2.45) is 5.10 Å². The van der Waals surface area contributed by atoms with Gasteiger partial charge >= 0.3 is 0 Å². The molecule has 1 aromatic heterocycles. The summed E-state index contributed by atoms with van der Waals surface area (Å²) in [6, 6.07) is 8.76. The molecule has 2 N–H and O–H groups in total. The summed E-state index contributed by atoms with van der Waals surface area (Å²) in [7, 11) is 0. The quantitative estimate of drug-likeness (QED) is 0.638. The Morgan fingerprint density at radius 2 is 2.11 bits per heavy atom. The van der Waals surface area contributed by atoms with E-state index >= 15 is 0 Å². The van der Waals surface area contributed by atoms with E-state index in [0.29, 0.717) is 12.4 Å². The van der Waals surface area contributed by atoms with Gasteiger partial charge in [0.25, 0.3) is 0 Å². The van der Waals surface area contributed by atoms with Gasteiger partial charge in [0.15, 0.2) is 11.5 Å². The molecule has 0 fully saturated rings. The minimum absolute atomic E-state index is 0.106. The topological polar surface area (TPSA) is 66.7 Å². The monoisotopic (exact) mass is 257 g/mol. The minimum atomic E-state index is 0.106. The number of hydrogen-bond acceptors (Lipinski definition) is 5. The summed E-state index contributed by atoms with van der Waals surface area (Å²) in [5.74, 6) is 0.580. The number of pyridine rings is 1. The molecule has 5 nitrogen and oxygen atoms in total. The van der Waals surface area contributed by atoms with Gasteiger partial charge in [0.2, 0.25) is 0 Å². The van der Waals surface area contributed by atoms with Crippen molar-refractivity contribution in [2.45, 2.75) is 6.92 Å². The van der Waals surface area contributed by atoms with Crippen LogP contribution in [-0.4, -0.2) is 22.9 Å². The molecule has 98 valence electrons. The van der Waals surface area contributed by atoms with Gasteiger partial charge in [-0.05, 0) is 42.8 Å². The Kier molecular flexibility index (Phi) is 4.34. The second-order valence-electron chi connectivity index (χ2n) is 3.77. The zero-order valence-corrected chi connectivity index (χ0v) is 10.6. The number of phenols is 1. The fourth-order valence-electron chi connectivity index (χ4n) is 1.50. The lowest BCUT2D eigenvalue weighted by molar-refractivity contribution is 0.318. The van der Waals surface area contributed by atoms with E-state index in [1.54, 1.807) is 30.7 Å². The molecule has 0 bridgehead atoms. The zero-order valence-electron chi connectivity index (χ0n) is 10.6. The molecular weight excluding hydrogens is 242 g/mol. The van der Waals surface area contributed by atoms with Crippen LogP contribution in [-0.2, 0) is 0 Å². The van der Waals surface area contributed by atoms with E-state index in [2.05, 4.69) is 15.5 Å². The highest BCUT2D eigenvalue weighted by Crippen LogP contribution is 2.26. The van der Waals surface area contributed by atoms with Crippen LogP contribution in [0.25, 0.3) is 0 Å². The maximum absolute atomic E-state index is 9.72. The fraction of sp³-hybridized carbons (Fsp3) is 0.143. The van der Waals surface area contributed by atoms with Crippen LogP contribution in [0.3, 0.4) is 0 Å². The summed E-state index contributed by atoms with van der Waals surface area (Å²) < 4.78 is 5.25. The fourth-order valence-corrected chi connectivity index (χ4v) is 1.50. The lowest BCUT2D eigenvalue weighted by Gasteiger charge is -2.05. The van der Waals surface area contributed by atoms with Crippen LogP contribution < -0.4 is 10.2 Å². The van der Waals surface area contributed by atoms with Gasteiger partial charge in [-0.25, -0.2) is 0 Å². The number of aromatic hydroxyl groups is 1. The second-order valence-corrected chi connectivity index (χ2v) is 3.77. The Bertz CT molecular complexity index is 556. The highest BCUT2D eigenvalue weighted by Gasteiger charge is 2.01. The largest absolute Gasteiger partial charge is 0.504 e. The van der Waals surface area contributed by atoms with Crippen LogP contribution in [0, 0.1) is 0 Å². The van der Waals surface area contributed by atoms with Crippen molar-refractivity contribution in [3.8, 4) is 11.5 Å². The number of benzene rings is 1. The van der Waals surface area contributed by atoms with Crippen LogP contribution in [0.2, 0.25) is 0 Å². The SMILES string of the molecule is CCOc1ccc(C=NNc2ccncc2)cc1O. The maximum atomic E-state index is 9.72. The third-order valence-electron chi connectivity index (χ3n) is 2.37. The number of anilines is 1. The molecule has 0 radical (unpaired) electrons. The number of hydrogen-bond donors (Lipinski definition) is 2. The van der Waals surface area contributed by atoms with Crippen molar-refractivity contribution < 1.29 is 9.84 Å². The smallest absolute Gasteiger partial charge is 0.160 e. The van der Waals surface area contributed by atoms with E-state index < -0.39 is 0 Å². The van der Waals surface area contributed by atoms with E-state index in [-0.39, 0.29) is 5.75 Å². The Hall–Kier alpha value is -2.56. The average molecular weight is 257 g/mol. The Labute approximate surface area is 111 Å².